The lowest BCUT2D eigenvalue weighted by Gasteiger charge is -2.52. The van der Waals surface area contributed by atoms with E-state index in [0.29, 0.717) is 0 Å². The van der Waals surface area contributed by atoms with Crippen LogP contribution in [0.15, 0.2) is 17.1 Å². The maximum Gasteiger partial charge on any atom is 0.144 e. The highest BCUT2D eigenvalue weighted by Crippen LogP contribution is 2.42. The third kappa shape index (κ3) is 3.16. The monoisotopic (exact) mass is 282 g/mol. The van der Waals surface area contributed by atoms with Crippen molar-refractivity contribution in [2.24, 2.45) is 10.3 Å². The highest BCUT2D eigenvalue weighted by Gasteiger charge is 2.44. The molecule has 2 saturated heterocycles. The highest BCUT2D eigenvalue weighted by molar-refractivity contribution is 7.85. The van der Waals surface area contributed by atoms with E-state index >= 15 is 0 Å². The van der Waals surface area contributed by atoms with Gasteiger partial charge in [-0.15, -0.1) is 6.58 Å². The van der Waals surface area contributed by atoms with E-state index in [9.17, 15) is 4.21 Å². The molecule has 3 rings (SSSR count). The second-order valence-corrected chi connectivity index (χ2v) is 8.77. The molecule has 1 atom stereocenters. The second kappa shape index (κ2) is 5.49. The van der Waals surface area contributed by atoms with Gasteiger partial charge in [-0.1, -0.05) is 6.08 Å². The number of hydrogen-bond donors (Lipinski definition) is 0. The summed E-state index contributed by atoms with van der Waals surface area (Å²) in [4.78, 5) is 2.47. The number of rotatable bonds is 4. The van der Waals surface area contributed by atoms with E-state index in [2.05, 4.69) is 15.9 Å². The van der Waals surface area contributed by atoms with E-state index in [1.54, 1.807) is 0 Å². The Kier molecular flexibility index (Phi) is 4.31. The van der Waals surface area contributed by atoms with E-state index in [0.717, 1.165) is 31.8 Å². The van der Waals surface area contributed by atoms with Crippen molar-refractivity contribution in [3.8, 4) is 0 Å². The van der Waals surface area contributed by atoms with Gasteiger partial charge in [0.1, 0.15) is 11.0 Å². The third-order valence-electron chi connectivity index (χ3n) is 4.34. The molecule has 19 heavy (non-hydrogen) atoms. The minimum absolute atomic E-state index is 0.0316. The molecule has 1 saturated carbocycles. The molecule has 3 nitrogen and oxygen atoms in total. The molecule has 0 aromatic rings. The Morgan fingerprint density at radius 2 is 2.05 bits per heavy atom. The fourth-order valence-corrected chi connectivity index (χ4v) is 3.70. The molecule has 3 aliphatic rings. The lowest BCUT2D eigenvalue weighted by atomic mass is 9.71. The Balaban J connectivity index is 2.16. The first kappa shape index (κ1) is 14.9. The van der Waals surface area contributed by atoms with Crippen LogP contribution < -0.4 is 0 Å². The van der Waals surface area contributed by atoms with Crippen molar-refractivity contribution >= 4 is 17.2 Å². The van der Waals surface area contributed by atoms with Gasteiger partial charge in [0, 0.05) is 19.3 Å². The van der Waals surface area contributed by atoms with E-state index in [-0.39, 0.29) is 10.3 Å². The van der Waals surface area contributed by atoms with E-state index in [1.165, 1.54) is 12.8 Å². The highest BCUT2D eigenvalue weighted by atomic mass is 32.2. The molecule has 108 valence electrons. The molecule has 1 aliphatic carbocycles. The van der Waals surface area contributed by atoms with Gasteiger partial charge in [-0.2, -0.15) is 4.40 Å². The maximum absolute atomic E-state index is 12.1. The minimum atomic E-state index is -1.15. The summed E-state index contributed by atoms with van der Waals surface area (Å²) in [7, 11) is -1.15. The molecule has 0 spiro atoms. The van der Waals surface area contributed by atoms with Crippen LogP contribution in [0.1, 0.15) is 46.5 Å². The van der Waals surface area contributed by atoms with Gasteiger partial charge in [-0.05, 0) is 52.4 Å². The predicted molar refractivity (Wildman–Crippen MR) is 82.8 cm³/mol. The van der Waals surface area contributed by atoms with E-state index in [4.69, 9.17) is 0 Å². The molecule has 0 N–H and O–H groups in total. The van der Waals surface area contributed by atoms with Crippen LogP contribution in [0, 0.1) is 5.92 Å². The molecule has 0 aromatic carbocycles. The van der Waals surface area contributed by atoms with Crippen LogP contribution >= 0.6 is 0 Å². The lowest BCUT2D eigenvalue weighted by Crippen LogP contribution is -2.59. The van der Waals surface area contributed by atoms with Gasteiger partial charge in [0.2, 0.25) is 0 Å². The van der Waals surface area contributed by atoms with Gasteiger partial charge in [0.05, 0.1) is 10.3 Å². The minimum Gasteiger partial charge on any atom is -0.289 e. The molecule has 0 radical (unpaired) electrons. The zero-order valence-electron chi connectivity index (χ0n) is 12.4. The Morgan fingerprint density at radius 3 is 2.58 bits per heavy atom. The zero-order chi connectivity index (χ0) is 14.1. The topological polar surface area (TPSA) is 32.7 Å². The lowest BCUT2D eigenvalue weighted by molar-refractivity contribution is 0.0234. The SMILES string of the molecule is C=CCN1CC2CCC1(C=NS(=O)C(C)(C)C)CC2. The quantitative estimate of drug-likeness (QED) is 0.586. The van der Waals surface area contributed by atoms with Crippen LogP contribution in [0.2, 0.25) is 0 Å². The van der Waals surface area contributed by atoms with Crippen LogP contribution in [0.5, 0.6) is 0 Å². The Morgan fingerprint density at radius 1 is 1.42 bits per heavy atom. The Hall–Kier alpha value is -0.480. The molecule has 3 fully saturated rings. The zero-order valence-corrected chi connectivity index (χ0v) is 13.2. The number of fused-ring (bicyclic) bond motifs is 3. The van der Waals surface area contributed by atoms with Crippen LogP contribution in [0.3, 0.4) is 0 Å². The van der Waals surface area contributed by atoms with Crippen LogP contribution in [-0.4, -0.2) is 38.7 Å². The molecule has 2 aliphatic heterocycles. The average Bonchev–Trinajstić information content (AvgIpc) is 2.37. The summed E-state index contributed by atoms with van der Waals surface area (Å²) in [5.74, 6) is 0.836. The summed E-state index contributed by atoms with van der Waals surface area (Å²) < 4.78 is 16.2. The third-order valence-corrected chi connectivity index (χ3v) is 5.69. The average molecular weight is 282 g/mol. The maximum atomic E-state index is 12.1. The van der Waals surface area contributed by atoms with Crippen molar-refractivity contribution in [2.75, 3.05) is 13.1 Å². The summed E-state index contributed by atoms with van der Waals surface area (Å²) in [6.07, 6.45) is 8.82. The fraction of sp³-hybridized carbons (Fsp3) is 0.800. The number of nitrogens with zero attached hydrogens (tertiary/aromatic N) is 2. The smallest absolute Gasteiger partial charge is 0.144 e. The number of piperidine rings is 2. The summed E-state index contributed by atoms with van der Waals surface area (Å²) in [6.45, 7) is 11.8. The van der Waals surface area contributed by atoms with Gasteiger partial charge in [0.25, 0.3) is 0 Å². The summed E-state index contributed by atoms with van der Waals surface area (Å²) in [5.41, 5.74) is 0.0316. The largest absolute Gasteiger partial charge is 0.289 e. The molecular formula is C15H26N2OS. The first-order valence-electron chi connectivity index (χ1n) is 7.20. The van der Waals surface area contributed by atoms with Crippen molar-refractivity contribution in [1.29, 1.82) is 0 Å². The predicted octanol–water partition coefficient (Wildman–Crippen LogP) is 2.95. The van der Waals surface area contributed by atoms with Gasteiger partial charge in [-0.3, -0.25) is 4.90 Å². The Labute approximate surface area is 119 Å². The van der Waals surface area contributed by atoms with Gasteiger partial charge >= 0.3 is 0 Å². The first-order chi connectivity index (χ1) is 8.87. The van der Waals surface area contributed by atoms with E-state index in [1.807, 2.05) is 33.1 Å². The fourth-order valence-electron chi connectivity index (χ4n) is 3.10. The molecular weight excluding hydrogens is 256 g/mol. The molecule has 2 heterocycles. The second-order valence-electron chi connectivity index (χ2n) is 6.84. The van der Waals surface area contributed by atoms with Gasteiger partial charge in [0.15, 0.2) is 0 Å². The summed E-state index contributed by atoms with van der Waals surface area (Å²) >= 11 is 0. The van der Waals surface area contributed by atoms with Crippen molar-refractivity contribution in [2.45, 2.75) is 56.7 Å². The van der Waals surface area contributed by atoms with Crippen LogP contribution in [0.4, 0.5) is 0 Å². The van der Waals surface area contributed by atoms with Crippen LogP contribution in [0.25, 0.3) is 0 Å². The first-order valence-corrected chi connectivity index (χ1v) is 8.31. The van der Waals surface area contributed by atoms with E-state index < -0.39 is 11.0 Å². The number of hydrogen-bond acceptors (Lipinski definition) is 2. The van der Waals surface area contributed by atoms with Crippen LogP contribution in [-0.2, 0) is 11.0 Å². The van der Waals surface area contributed by atoms with Crippen molar-refractivity contribution in [3.05, 3.63) is 12.7 Å². The molecule has 2 bridgehead atoms. The van der Waals surface area contributed by atoms with Crippen molar-refractivity contribution in [3.63, 3.8) is 0 Å². The standard InChI is InChI=1S/C15H26N2OS/c1-5-10-17-11-13-6-8-15(17,9-7-13)12-16-19(18)14(2,3)4/h5,12-13H,1,6-11H2,2-4H3. The molecule has 4 heteroatoms. The normalized spacial score (nSPS) is 33.7. The molecule has 0 amide bonds. The van der Waals surface area contributed by atoms with Crippen molar-refractivity contribution < 1.29 is 4.21 Å². The molecule has 0 aromatic heterocycles. The summed E-state index contributed by atoms with van der Waals surface area (Å²) in [5, 5.41) is 0. The molecule has 1 unspecified atom stereocenters. The Bertz CT molecular complexity index is 389. The van der Waals surface area contributed by atoms with Gasteiger partial charge in [-0.25, -0.2) is 4.21 Å². The van der Waals surface area contributed by atoms with Crippen molar-refractivity contribution in [1.82, 2.24) is 4.90 Å². The summed E-state index contributed by atoms with van der Waals surface area (Å²) in [6, 6.07) is 0. The van der Waals surface area contributed by atoms with Gasteiger partial charge < -0.3 is 0 Å².